The van der Waals surface area contributed by atoms with Crippen LogP contribution < -0.4 is 14.8 Å². The van der Waals surface area contributed by atoms with Gasteiger partial charge in [-0.25, -0.2) is 0 Å². The van der Waals surface area contributed by atoms with Crippen molar-refractivity contribution in [1.82, 2.24) is 10.2 Å². The molecule has 2 aromatic rings. The lowest BCUT2D eigenvalue weighted by atomic mass is 10.2. The first-order valence-electron chi connectivity index (χ1n) is 7.35. The molecule has 1 aromatic heterocycles. The third kappa shape index (κ3) is 4.97. The zero-order valence-corrected chi connectivity index (χ0v) is 15.2. The fraction of sp³-hybridized carbons (Fsp3) is 0.312. The van der Waals surface area contributed by atoms with Crippen LogP contribution in [0.25, 0.3) is 0 Å². The second-order valence-electron chi connectivity index (χ2n) is 4.63. The number of anilines is 1. The summed E-state index contributed by atoms with van der Waals surface area (Å²) in [4.78, 5) is 12.4. The lowest BCUT2D eigenvalue weighted by molar-refractivity contribution is -0.122. The molecule has 0 aliphatic heterocycles. The zero-order valence-electron chi connectivity index (χ0n) is 13.5. The van der Waals surface area contributed by atoms with E-state index in [1.54, 1.807) is 25.3 Å². The maximum atomic E-state index is 12.4. The molecular formula is C16H19N3O3S2. The van der Waals surface area contributed by atoms with Gasteiger partial charge in [-0.1, -0.05) is 48.2 Å². The van der Waals surface area contributed by atoms with E-state index in [-0.39, 0.29) is 5.91 Å². The Morgan fingerprint density at radius 3 is 2.83 bits per heavy atom. The molecule has 24 heavy (non-hydrogen) atoms. The van der Waals surface area contributed by atoms with Crippen molar-refractivity contribution < 1.29 is 14.3 Å². The topological polar surface area (TPSA) is 73.3 Å². The highest BCUT2D eigenvalue weighted by molar-refractivity contribution is 8.01. The molecule has 128 valence electrons. The van der Waals surface area contributed by atoms with E-state index in [0.29, 0.717) is 23.1 Å². The van der Waals surface area contributed by atoms with Gasteiger partial charge in [-0.05, 0) is 18.6 Å². The van der Waals surface area contributed by atoms with Crippen molar-refractivity contribution in [2.45, 2.75) is 23.8 Å². The molecule has 8 heteroatoms. The Balaban J connectivity index is 2.00. The van der Waals surface area contributed by atoms with Crippen molar-refractivity contribution in [2.24, 2.45) is 0 Å². The van der Waals surface area contributed by atoms with Crippen molar-refractivity contribution in [3.8, 4) is 11.5 Å². The Labute approximate surface area is 149 Å². The van der Waals surface area contributed by atoms with E-state index in [0.717, 1.165) is 10.1 Å². The van der Waals surface area contributed by atoms with Gasteiger partial charge in [0.25, 0.3) is 5.91 Å². The van der Waals surface area contributed by atoms with E-state index in [9.17, 15) is 4.79 Å². The Morgan fingerprint density at radius 1 is 1.42 bits per heavy atom. The summed E-state index contributed by atoms with van der Waals surface area (Å²) >= 11 is 2.84. The van der Waals surface area contributed by atoms with Gasteiger partial charge in [0.1, 0.15) is 0 Å². The summed E-state index contributed by atoms with van der Waals surface area (Å²) in [7, 11) is 1.56. The number of hydrogen-bond donors (Lipinski definition) is 1. The van der Waals surface area contributed by atoms with E-state index >= 15 is 0 Å². The summed E-state index contributed by atoms with van der Waals surface area (Å²) in [6, 6.07) is 7.23. The summed E-state index contributed by atoms with van der Waals surface area (Å²) < 4.78 is 11.8. The zero-order chi connectivity index (χ0) is 17.4. The molecule has 1 heterocycles. The number of aromatic nitrogens is 2. The molecule has 6 nitrogen and oxygen atoms in total. The highest BCUT2D eigenvalue weighted by atomic mass is 32.2. The summed E-state index contributed by atoms with van der Waals surface area (Å²) in [6.45, 7) is 5.54. The Kier molecular flexibility index (Phi) is 7.07. The summed E-state index contributed by atoms with van der Waals surface area (Å²) in [5, 5.41) is 11.2. The molecule has 0 bridgehead atoms. The highest BCUT2D eigenvalue weighted by Gasteiger charge is 2.21. The van der Waals surface area contributed by atoms with Gasteiger partial charge in [0, 0.05) is 5.75 Å². The van der Waals surface area contributed by atoms with Gasteiger partial charge in [0.2, 0.25) is 5.13 Å². The molecule has 1 N–H and O–H groups in total. The van der Waals surface area contributed by atoms with Crippen molar-refractivity contribution in [3.63, 3.8) is 0 Å². The maximum absolute atomic E-state index is 12.4. The molecule has 0 radical (unpaired) electrons. The van der Waals surface area contributed by atoms with Crippen LogP contribution >= 0.6 is 23.1 Å². The number of thioether (sulfide) groups is 1. The van der Waals surface area contributed by atoms with Crippen LogP contribution in [0.2, 0.25) is 0 Å². The van der Waals surface area contributed by atoms with Crippen LogP contribution in [0.3, 0.4) is 0 Å². The van der Waals surface area contributed by atoms with Gasteiger partial charge < -0.3 is 9.47 Å². The average molecular weight is 365 g/mol. The predicted molar refractivity (Wildman–Crippen MR) is 97.2 cm³/mol. The van der Waals surface area contributed by atoms with E-state index in [1.807, 2.05) is 19.1 Å². The van der Waals surface area contributed by atoms with Crippen LogP contribution in [-0.2, 0) is 4.79 Å². The second kappa shape index (κ2) is 9.29. The fourth-order valence-corrected chi connectivity index (χ4v) is 3.34. The second-order valence-corrected chi connectivity index (χ2v) is 6.87. The number of benzene rings is 1. The molecular weight excluding hydrogens is 346 g/mol. The number of nitrogens with one attached hydrogen (secondary N) is 1. The third-order valence-electron chi connectivity index (χ3n) is 2.96. The molecule has 0 fully saturated rings. The van der Waals surface area contributed by atoms with Crippen LogP contribution in [0.4, 0.5) is 5.13 Å². The van der Waals surface area contributed by atoms with Gasteiger partial charge in [-0.15, -0.1) is 16.8 Å². The largest absolute Gasteiger partial charge is 0.493 e. The molecule has 0 spiro atoms. The lowest BCUT2D eigenvalue weighted by Gasteiger charge is -2.17. The SMILES string of the molecule is C=CCSc1nnc(NC(=O)[C@@H](CC)Oc2ccccc2OC)s1. The van der Waals surface area contributed by atoms with E-state index < -0.39 is 6.10 Å². The highest BCUT2D eigenvalue weighted by Crippen LogP contribution is 2.28. The fourth-order valence-electron chi connectivity index (χ4n) is 1.83. The molecule has 1 aromatic carbocycles. The molecule has 2 rings (SSSR count). The van der Waals surface area contributed by atoms with Crippen molar-refractivity contribution >= 4 is 34.1 Å². The van der Waals surface area contributed by atoms with Crippen LogP contribution in [0.1, 0.15) is 13.3 Å². The smallest absolute Gasteiger partial charge is 0.267 e. The van der Waals surface area contributed by atoms with E-state index in [1.165, 1.54) is 23.1 Å². The molecule has 0 aliphatic rings. The first-order valence-corrected chi connectivity index (χ1v) is 9.15. The van der Waals surface area contributed by atoms with Crippen molar-refractivity contribution in [2.75, 3.05) is 18.2 Å². The minimum Gasteiger partial charge on any atom is -0.493 e. The lowest BCUT2D eigenvalue weighted by Crippen LogP contribution is -2.32. The number of para-hydroxylation sites is 2. The number of hydrogen-bond acceptors (Lipinski definition) is 7. The monoisotopic (exact) mass is 365 g/mol. The van der Waals surface area contributed by atoms with Crippen molar-refractivity contribution in [1.29, 1.82) is 0 Å². The standard InChI is InChI=1S/C16H19N3O3S2/c1-4-10-23-16-19-18-15(24-16)17-14(20)11(5-2)22-13-9-7-6-8-12(13)21-3/h4,6-9,11H,1,5,10H2,2-3H3,(H,17,18,20)/t11-/m1/s1. The number of ether oxygens (including phenoxy) is 2. The van der Waals surface area contributed by atoms with Crippen LogP contribution in [-0.4, -0.2) is 35.1 Å². The van der Waals surface area contributed by atoms with E-state index in [2.05, 4.69) is 22.1 Å². The van der Waals surface area contributed by atoms with Gasteiger partial charge >= 0.3 is 0 Å². The van der Waals surface area contributed by atoms with Crippen LogP contribution in [0, 0.1) is 0 Å². The van der Waals surface area contributed by atoms with E-state index in [4.69, 9.17) is 9.47 Å². The number of rotatable bonds is 9. The number of methoxy groups -OCH3 is 1. The normalized spacial score (nSPS) is 11.6. The Bertz CT molecular complexity index is 691. The summed E-state index contributed by atoms with van der Waals surface area (Å²) in [5.41, 5.74) is 0. The maximum Gasteiger partial charge on any atom is 0.267 e. The minimum atomic E-state index is -0.644. The molecule has 1 atom stereocenters. The van der Waals surface area contributed by atoms with Gasteiger partial charge in [0.05, 0.1) is 7.11 Å². The molecule has 0 unspecified atom stereocenters. The van der Waals surface area contributed by atoms with Crippen LogP contribution in [0.5, 0.6) is 11.5 Å². The number of amides is 1. The average Bonchev–Trinajstić information content (AvgIpc) is 3.05. The number of carbonyl (C=O) groups is 1. The quantitative estimate of drug-likeness (QED) is 0.416. The summed E-state index contributed by atoms with van der Waals surface area (Å²) in [6.07, 6.45) is 1.66. The molecule has 0 aliphatic carbocycles. The molecule has 0 saturated carbocycles. The van der Waals surface area contributed by atoms with Gasteiger partial charge in [0.15, 0.2) is 21.9 Å². The minimum absolute atomic E-state index is 0.264. The number of nitrogens with zero attached hydrogens (tertiary/aromatic N) is 2. The molecule has 1 amide bonds. The predicted octanol–water partition coefficient (Wildman–Crippen LogP) is 3.62. The third-order valence-corrected chi connectivity index (χ3v) is 4.93. The number of carbonyl (C=O) groups excluding carboxylic acids is 1. The summed E-state index contributed by atoms with van der Waals surface area (Å²) in [5.74, 6) is 1.60. The first kappa shape index (κ1) is 18.3. The Hall–Kier alpha value is -2.06. The Morgan fingerprint density at radius 2 is 2.17 bits per heavy atom. The van der Waals surface area contributed by atoms with Gasteiger partial charge in [-0.2, -0.15) is 0 Å². The van der Waals surface area contributed by atoms with Crippen LogP contribution in [0.15, 0.2) is 41.3 Å². The van der Waals surface area contributed by atoms with Gasteiger partial charge in [-0.3, -0.25) is 10.1 Å². The van der Waals surface area contributed by atoms with Crippen molar-refractivity contribution in [3.05, 3.63) is 36.9 Å². The first-order chi connectivity index (χ1) is 11.7. The molecule has 0 saturated heterocycles.